The fourth-order valence-corrected chi connectivity index (χ4v) is 4.67. The van der Waals surface area contributed by atoms with Crippen LogP contribution in [0, 0.1) is 15.5 Å². The number of nitro groups is 1. The summed E-state index contributed by atoms with van der Waals surface area (Å²) in [4.78, 5) is 39.0. The van der Waals surface area contributed by atoms with Gasteiger partial charge in [0.1, 0.15) is 0 Å². The van der Waals surface area contributed by atoms with E-state index in [9.17, 15) is 19.7 Å². The number of hydrogen-bond donors (Lipinski definition) is 0. The first-order chi connectivity index (χ1) is 13.0. The SMILES string of the molecule is C[C@@H]1CN2c3ccc([N+](=O)[O-])cc3CC3(C(=O)OC(C)(C)OC3=O)[C@@H]2[C@@H](C)O1. The lowest BCUT2D eigenvalue weighted by Crippen LogP contribution is -2.71. The maximum atomic E-state index is 13.2. The van der Waals surface area contributed by atoms with E-state index in [4.69, 9.17) is 14.2 Å². The molecule has 0 radical (unpaired) electrons. The lowest BCUT2D eigenvalue weighted by atomic mass is 9.68. The number of fused-ring (bicyclic) bond motifs is 4. The number of nitro benzene ring substituents is 1. The molecule has 2 fully saturated rings. The zero-order valence-electron chi connectivity index (χ0n) is 16.1. The molecular weight excluding hydrogens is 368 g/mol. The van der Waals surface area contributed by atoms with E-state index < -0.39 is 40.2 Å². The Morgan fingerprint density at radius 3 is 2.43 bits per heavy atom. The number of ether oxygens (including phenoxy) is 3. The molecule has 0 aliphatic carbocycles. The van der Waals surface area contributed by atoms with Crippen molar-refractivity contribution in [2.24, 2.45) is 5.41 Å². The molecule has 4 rings (SSSR count). The highest BCUT2D eigenvalue weighted by Crippen LogP contribution is 2.50. The first-order valence-corrected chi connectivity index (χ1v) is 9.21. The van der Waals surface area contributed by atoms with Crippen molar-refractivity contribution in [3.8, 4) is 0 Å². The van der Waals surface area contributed by atoms with E-state index >= 15 is 0 Å². The normalized spacial score (nSPS) is 30.1. The van der Waals surface area contributed by atoms with Gasteiger partial charge in [0, 0.05) is 44.6 Å². The third kappa shape index (κ3) is 2.56. The van der Waals surface area contributed by atoms with Gasteiger partial charge in [-0.15, -0.1) is 0 Å². The average Bonchev–Trinajstić information content (AvgIpc) is 2.57. The van der Waals surface area contributed by atoms with Gasteiger partial charge in [0.2, 0.25) is 0 Å². The quantitative estimate of drug-likeness (QED) is 0.310. The highest BCUT2D eigenvalue weighted by Gasteiger charge is 2.66. The van der Waals surface area contributed by atoms with Crippen molar-refractivity contribution < 1.29 is 28.7 Å². The number of esters is 2. The van der Waals surface area contributed by atoms with Crippen LogP contribution in [0.15, 0.2) is 18.2 Å². The molecule has 9 heteroatoms. The molecule has 3 heterocycles. The molecule has 9 nitrogen and oxygen atoms in total. The molecule has 0 amide bonds. The van der Waals surface area contributed by atoms with E-state index in [1.54, 1.807) is 6.07 Å². The van der Waals surface area contributed by atoms with Gasteiger partial charge in [0.15, 0.2) is 5.41 Å². The largest absolute Gasteiger partial charge is 0.422 e. The first-order valence-electron chi connectivity index (χ1n) is 9.21. The van der Waals surface area contributed by atoms with E-state index in [-0.39, 0.29) is 18.2 Å². The number of benzene rings is 1. The van der Waals surface area contributed by atoms with Crippen LogP contribution < -0.4 is 4.90 Å². The minimum Gasteiger partial charge on any atom is -0.422 e. The number of carbonyl (C=O) groups excluding carboxylic acids is 2. The second-order valence-electron chi connectivity index (χ2n) is 8.15. The van der Waals surface area contributed by atoms with Crippen molar-refractivity contribution in [1.82, 2.24) is 0 Å². The summed E-state index contributed by atoms with van der Waals surface area (Å²) in [6.07, 6.45) is -0.633. The molecule has 0 aromatic heterocycles. The Morgan fingerprint density at radius 1 is 1.18 bits per heavy atom. The van der Waals surface area contributed by atoms with Crippen LogP contribution in [0.4, 0.5) is 11.4 Å². The Hall–Kier alpha value is -2.68. The van der Waals surface area contributed by atoms with Gasteiger partial charge in [-0.1, -0.05) is 0 Å². The molecule has 0 saturated carbocycles. The summed E-state index contributed by atoms with van der Waals surface area (Å²) in [7, 11) is 0. The summed E-state index contributed by atoms with van der Waals surface area (Å²) >= 11 is 0. The van der Waals surface area contributed by atoms with E-state index in [0.717, 1.165) is 5.69 Å². The Morgan fingerprint density at radius 2 is 1.82 bits per heavy atom. The minimum absolute atomic E-state index is 0.0407. The molecule has 150 valence electrons. The molecule has 0 N–H and O–H groups in total. The third-order valence-corrected chi connectivity index (χ3v) is 5.64. The van der Waals surface area contributed by atoms with Crippen LogP contribution in [0.25, 0.3) is 0 Å². The van der Waals surface area contributed by atoms with Crippen LogP contribution in [-0.4, -0.2) is 47.4 Å². The molecule has 1 aromatic rings. The number of morpholine rings is 1. The summed E-state index contributed by atoms with van der Waals surface area (Å²) in [5.41, 5.74) is -0.439. The number of carbonyl (C=O) groups is 2. The summed E-state index contributed by atoms with van der Waals surface area (Å²) in [6.45, 7) is 7.15. The minimum atomic E-state index is -1.64. The van der Waals surface area contributed by atoms with Crippen LogP contribution in [0.1, 0.15) is 33.3 Å². The molecule has 28 heavy (non-hydrogen) atoms. The Kier molecular flexibility index (Phi) is 3.94. The summed E-state index contributed by atoms with van der Waals surface area (Å²) in [5, 5.41) is 11.2. The van der Waals surface area contributed by atoms with Crippen molar-refractivity contribution >= 4 is 23.3 Å². The average molecular weight is 390 g/mol. The molecule has 3 aliphatic rings. The van der Waals surface area contributed by atoms with Crippen LogP contribution in [0.5, 0.6) is 0 Å². The highest BCUT2D eigenvalue weighted by atomic mass is 16.7. The Bertz CT molecular complexity index is 861. The fourth-order valence-electron chi connectivity index (χ4n) is 4.67. The lowest BCUT2D eigenvalue weighted by Gasteiger charge is -2.55. The van der Waals surface area contributed by atoms with Crippen LogP contribution in [0.2, 0.25) is 0 Å². The maximum absolute atomic E-state index is 13.2. The number of non-ortho nitro benzene ring substituents is 1. The smallest absolute Gasteiger partial charge is 0.329 e. The standard InChI is InChI=1S/C19H22N2O7/c1-10-9-20-14-6-5-13(21(24)25)7-12(14)8-19(15(20)11(2)26-10)16(22)27-18(3,4)28-17(19)23/h5-7,10-11,15H,8-9H2,1-4H3/t10-,11-,15+/m1/s1. The van der Waals surface area contributed by atoms with Crippen molar-refractivity contribution in [2.45, 2.75) is 58.2 Å². The van der Waals surface area contributed by atoms with E-state index in [2.05, 4.69) is 0 Å². The predicted molar refractivity (Wildman–Crippen MR) is 96.6 cm³/mol. The molecule has 2 saturated heterocycles. The maximum Gasteiger partial charge on any atom is 0.329 e. The second kappa shape index (κ2) is 5.91. The zero-order chi connectivity index (χ0) is 20.4. The fraction of sp³-hybridized carbons (Fsp3) is 0.579. The number of cyclic esters (lactones) is 2. The van der Waals surface area contributed by atoms with Crippen LogP contribution >= 0.6 is 0 Å². The molecule has 3 atom stereocenters. The van der Waals surface area contributed by atoms with Gasteiger partial charge >= 0.3 is 11.9 Å². The Labute approximate surface area is 161 Å². The van der Waals surface area contributed by atoms with E-state index in [1.807, 2.05) is 18.7 Å². The van der Waals surface area contributed by atoms with Crippen molar-refractivity contribution in [1.29, 1.82) is 0 Å². The van der Waals surface area contributed by atoms with Gasteiger partial charge in [-0.2, -0.15) is 0 Å². The van der Waals surface area contributed by atoms with Crippen molar-refractivity contribution in [3.63, 3.8) is 0 Å². The van der Waals surface area contributed by atoms with Gasteiger partial charge in [-0.05, 0) is 25.5 Å². The highest BCUT2D eigenvalue weighted by molar-refractivity contribution is 6.04. The van der Waals surface area contributed by atoms with Gasteiger partial charge in [0.05, 0.1) is 23.2 Å². The number of nitrogens with zero attached hydrogens (tertiary/aromatic N) is 2. The van der Waals surface area contributed by atoms with Gasteiger partial charge in [-0.3, -0.25) is 19.7 Å². The lowest BCUT2D eigenvalue weighted by molar-refractivity contribution is -0.384. The predicted octanol–water partition coefficient (Wildman–Crippen LogP) is 1.96. The van der Waals surface area contributed by atoms with Gasteiger partial charge in [-0.25, -0.2) is 0 Å². The van der Waals surface area contributed by atoms with E-state index in [0.29, 0.717) is 12.1 Å². The molecule has 0 bridgehead atoms. The topological polar surface area (TPSA) is 108 Å². The van der Waals surface area contributed by atoms with Crippen LogP contribution in [-0.2, 0) is 30.2 Å². The first kappa shape index (κ1) is 18.7. The zero-order valence-corrected chi connectivity index (χ0v) is 16.1. The third-order valence-electron chi connectivity index (χ3n) is 5.64. The van der Waals surface area contributed by atoms with Gasteiger partial charge < -0.3 is 19.1 Å². The molecule has 1 aromatic carbocycles. The monoisotopic (exact) mass is 390 g/mol. The summed E-state index contributed by atoms with van der Waals surface area (Å²) < 4.78 is 16.9. The number of hydrogen-bond acceptors (Lipinski definition) is 8. The van der Waals surface area contributed by atoms with Crippen LogP contribution in [0.3, 0.4) is 0 Å². The van der Waals surface area contributed by atoms with Gasteiger partial charge in [0.25, 0.3) is 11.5 Å². The summed E-state index contributed by atoms with van der Waals surface area (Å²) in [6, 6.07) is 3.88. The van der Waals surface area contributed by atoms with Crippen molar-refractivity contribution in [3.05, 3.63) is 33.9 Å². The number of rotatable bonds is 1. The molecule has 0 unspecified atom stereocenters. The molecule has 3 aliphatic heterocycles. The number of anilines is 1. The molecular formula is C19H22N2O7. The summed E-state index contributed by atoms with van der Waals surface area (Å²) in [5.74, 6) is -2.74. The van der Waals surface area contributed by atoms with E-state index in [1.165, 1.54) is 26.0 Å². The second-order valence-corrected chi connectivity index (χ2v) is 8.15. The molecule has 1 spiro atoms. The van der Waals surface area contributed by atoms with Crippen molar-refractivity contribution in [2.75, 3.05) is 11.4 Å². The Balaban J connectivity index is 1.90.